The van der Waals surface area contributed by atoms with Gasteiger partial charge in [0.05, 0.1) is 12.7 Å². The van der Waals surface area contributed by atoms with Crippen molar-refractivity contribution in [1.29, 1.82) is 0 Å². The SMILES string of the molecule is COC(=O)c1ccc(-c2ccc(CC(NC(=O)C3CCC(CNC(=O)OC(C)(C)C)CC3)C(=O)Nc3ccc(-c4n[nH]c(C(F)F)n4)cc3)cc2)c(C)c1. The Labute approximate surface area is 312 Å². The van der Waals surface area contributed by atoms with E-state index in [2.05, 4.69) is 31.1 Å². The molecule has 4 aromatic rings. The fourth-order valence-electron chi connectivity index (χ4n) is 6.39. The minimum Gasteiger partial charge on any atom is -0.465 e. The van der Waals surface area contributed by atoms with Crippen LogP contribution >= 0.6 is 0 Å². The lowest BCUT2D eigenvalue weighted by atomic mass is 9.81. The molecule has 0 radical (unpaired) electrons. The summed E-state index contributed by atoms with van der Waals surface area (Å²) >= 11 is 0. The molecule has 0 saturated heterocycles. The maximum atomic E-state index is 13.8. The number of carbonyl (C=O) groups is 4. The van der Waals surface area contributed by atoms with E-state index in [1.54, 1.807) is 57.2 Å². The van der Waals surface area contributed by atoms with Crippen molar-refractivity contribution in [1.82, 2.24) is 25.8 Å². The van der Waals surface area contributed by atoms with Gasteiger partial charge in [-0.05, 0) is 118 Å². The van der Waals surface area contributed by atoms with Crippen LogP contribution in [0.25, 0.3) is 22.5 Å². The van der Waals surface area contributed by atoms with Crippen LogP contribution < -0.4 is 16.0 Å². The minimum atomic E-state index is -2.78. The second-order valence-electron chi connectivity index (χ2n) is 14.5. The molecule has 5 rings (SSSR count). The Morgan fingerprint density at radius 3 is 2.19 bits per heavy atom. The number of halogens is 2. The average molecular weight is 745 g/mol. The summed E-state index contributed by atoms with van der Waals surface area (Å²) in [5, 5.41) is 14.7. The van der Waals surface area contributed by atoms with Crippen molar-refractivity contribution in [3.8, 4) is 22.5 Å². The molecular formula is C40H46F2N6O6. The Kier molecular flexibility index (Phi) is 12.8. The van der Waals surface area contributed by atoms with Gasteiger partial charge in [0.1, 0.15) is 11.6 Å². The van der Waals surface area contributed by atoms with E-state index < -0.39 is 41.9 Å². The second kappa shape index (κ2) is 17.4. The first-order chi connectivity index (χ1) is 25.7. The maximum absolute atomic E-state index is 13.8. The highest BCUT2D eigenvalue weighted by molar-refractivity contribution is 5.98. The highest BCUT2D eigenvalue weighted by atomic mass is 19.3. The predicted octanol–water partition coefficient (Wildman–Crippen LogP) is 7.17. The summed E-state index contributed by atoms with van der Waals surface area (Å²) < 4.78 is 36.1. The topological polar surface area (TPSA) is 164 Å². The first-order valence-electron chi connectivity index (χ1n) is 17.9. The number of esters is 1. The number of hydrogen-bond donors (Lipinski definition) is 4. The Balaban J connectivity index is 1.26. The van der Waals surface area contributed by atoms with E-state index in [4.69, 9.17) is 9.47 Å². The number of anilines is 1. The van der Waals surface area contributed by atoms with Crippen LogP contribution in [-0.2, 0) is 25.5 Å². The Bertz CT molecular complexity index is 1930. The van der Waals surface area contributed by atoms with Crippen LogP contribution in [0.1, 0.15) is 80.2 Å². The molecule has 14 heteroatoms. The number of rotatable bonds is 12. The summed E-state index contributed by atoms with van der Waals surface area (Å²) in [6.45, 7) is 7.79. The average Bonchev–Trinajstić information content (AvgIpc) is 3.65. The Hall–Kier alpha value is -5.66. The Morgan fingerprint density at radius 2 is 1.59 bits per heavy atom. The molecule has 0 bridgehead atoms. The third-order valence-corrected chi connectivity index (χ3v) is 9.26. The number of ether oxygens (including phenoxy) is 2. The van der Waals surface area contributed by atoms with Gasteiger partial charge in [0.25, 0.3) is 6.43 Å². The molecule has 1 aromatic heterocycles. The molecule has 1 aliphatic rings. The van der Waals surface area contributed by atoms with Gasteiger partial charge in [0.2, 0.25) is 11.8 Å². The molecule has 1 saturated carbocycles. The smallest absolute Gasteiger partial charge is 0.407 e. The first kappa shape index (κ1) is 39.5. The summed E-state index contributed by atoms with van der Waals surface area (Å²) in [5.41, 5.74) is 4.35. The minimum absolute atomic E-state index is 0.0988. The highest BCUT2D eigenvalue weighted by Crippen LogP contribution is 2.30. The van der Waals surface area contributed by atoms with Crippen molar-refractivity contribution in [2.45, 2.75) is 77.9 Å². The van der Waals surface area contributed by atoms with Crippen LogP contribution in [0, 0.1) is 18.8 Å². The van der Waals surface area contributed by atoms with Crippen molar-refractivity contribution < 1.29 is 37.4 Å². The number of hydrogen-bond acceptors (Lipinski definition) is 8. The number of nitrogens with zero attached hydrogens (tertiary/aromatic N) is 2. The molecule has 1 aliphatic carbocycles. The van der Waals surface area contributed by atoms with Gasteiger partial charge in [-0.1, -0.05) is 30.3 Å². The number of aromatic nitrogens is 3. The third-order valence-electron chi connectivity index (χ3n) is 9.26. The van der Waals surface area contributed by atoms with Gasteiger partial charge in [0.15, 0.2) is 11.6 Å². The number of aromatic amines is 1. The molecule has 4 N–H and O–H groups in total. The van der Waals surface area contributed by atoms with Gasteiger partial charge in [0, 0.05) is 30.1 Å². The number of benzene rings is 3. The number of alkyl carbamates (subject to hydrolysis) is 1. The lowest BCUT2D eigenvalue weighted by Gasteiger charge is -2.29. The summed E-state index contributed by atoms with van der Waals surface area (Å²) in [6.07, 6.45) is -0.347. The van der Waals surface area contributed by atoms with Crippen molar-refractivity contribution in [2.75, 3.05) is 19.0 Å². The van der Waals surface area contributed by atoms with Gasteiger partial charge >= 0.3 is 12.1 Å². The van der Waals surface area contributed by atoms with Crippen molar-refractivity contribution in [3.63, 3.8) is 0 Å². The monoisotopic (exact) mass is 744 g/mol. The van der Waals surface area contributed by atoms with Gasteiger partial charge in [-0.3, -0.25) is 14.7 Å². The summed E-state index contributed by atoms with van der Waals surface area (Å²) in [5.74, 6) is -1.59. The van der Waals surface area contributed by atoms with E-state index in [0.29, 0.717) is 36.2 Å². The van der Waals surface area contributed by atoms with E-state index in [9.17, 15) is 28.0 Å². The van der Waals surface area contributed by atoms with Gasteiger partial charge in [-0.25, -0.2) is 23.4 Å². The third kappa shape index (κ3) is 10.7. The zero-order valence-electron chi connectivity index (χ0n) is 31.0. The van der Waals surface area contributed by atoms with Crippen LogP contribution in [0.4, 0.5) is 19.3 Å². The zero-order valence-corrected chi connectivity index (χ0v) is 31.0. The zero-order chi connectivity index (χ0) is 39.0. The lowest BCUT2D eigenvalue weighted by Crippen LogP contribution is -2.48. The highest BCUT2D eigenvalue weighted by Gasteiger charge is 2.30. The molecule has 3 amide bonds. The lowest BCUT2D eigenvalue weighted by molar-refractivity contribution is -0.130. The molecule has 1 fully saturated rings. The number of H-pyrrole nitrogens is 1. The van der Waals surface area contributed by atoms with Crippen molar-refractivity contribution in [2.24, 2.45) is 11.8 Å². The fraction of sp³-hybridized carbons (Fsp3) is 0.400. The first-order valence-corrected chi connectivity index (χ1v) is 17.9. The molecule has 3 aromatic carbocycles. The van der Waals surface area contributed by atoms with Crippen LogP contribution in [-0.4, -0.2) is 64.4 Å². The number of amides is 3. The van der Waals surface area contributed by atoms with E-state index in [1.165, 1.54) is 7.11 Å². The number of aryl methyl sites for hydroxylation is 1. The largest absolute Gasteiger partial charge is 0.465 e. The molecule has 1 atom stereocenters. The number of nitrogens with one attached hydrogen (secondary N) is 4. The maximum Gasteiger partial charge on any atom is 0.407 e. The summed E-state index contributed by atoms with van der Waals surface area (Å²) in [6, 6.07) is 18.5. The van der Waals surface area contributed by atoms with E-state index >= 15 is 0 Å². The van der Waals surface area contributed by atoms with Gasteiger partial charge < -0.3 is 25.4 Å². The van der Waals surface area contributed by atoms with E-state index in [-0.39, 0.29) is 30.0 Å². The predicted molar refractivity (Wildman–Crippen MR) is 199 cm³/mol. The summed E-state index contributed by atoms with van der Waals surface area (Å²) in [4.78, 5) is 55.3. The van der Waals surface area contributed by atoms with Gasteiger partial charge in [-0.2, -0.15) is 5.10 Å². The molecule has 1 unspecified atom stereocenters. The van der Waals surface area contributed by atoms with Crippen LogP contribution in [0.5, 0.6) is 0 Å². The van der Waals surface area contributed by atoms with Crippen LogP contribution in [0.15, 0.2) is 66.7 Å². The molecule has 286 valence electrons. The molecule has 1 heterocycles. The standard InChI is InChI=1S/C40H46F2N6O6/c1-23-20-29(38(51)53-5)16-19-31(23)26-10-6-24(7-11-26)21-32(37(50)44-30-17-14-27(15-18-30)34-46-35(33(41)42)48-47-34)45-36(49)28-12-8-25(9-13-28)22-43-39(52)54-40(2,3)4/h6-7,10-11,14-20,25,28,32-33H,8-9,12-13,21-22H2,1-5H3,(H,43,52)(H,44,50)(H,45,49)(H,46,47,48). The Morgan fingerprint density at radius 1 is 0.926 bits per heavy atom. The van der Waals surface area contributed by atoms with Gasteiger partial charge in [-0.15, -0.1) is 0 Å². The molecule has 0 spiro atoms. The van der Waals surface area contributed by atoms with E-state index in [0.717, 1.165) is 35.1 Å². The summed E-state index contributed by atoms with van der Waals surface area (Å²) in [7, 11) is 1.34. The van der Waals surface area contributed by atoms with E-state index in [1.807, 2.05) is 37.3 Å². The van der Waals surface area contributed by atoms with Crippen molar-refractivity contribution in [3.05, 3.63) is 89.2 Å². The molecule has 0 aliphatic heterocycles. The fourth-order valence-corrected chi connectivity index (χ4v) is 6.39. The molecule has 12 nitrogen and oxygen atoms in total. The number of methoxy groups -OCH3 is 1. The molecular weight excluding hydrogens is 698 g/mol. The quantitative estimate of drug-likeness (QED) is 0.111. The van der Waals surface area contributed by atoms with Crippen LogP contribution in [0.2, 0.25) is 0 Å². The normalized spacial score (nSPS) is 16.3. The molecule has 54 heavy (non-hydrogen) atoms. The van der Waals surface area contributed by atoms with Crippen molar-refractivity contribution >= 4 is 29.6 Å². The number of carbonyl (C=O) groups excluding carboxylic acids is 4. The van der Waals surface area contributed by atoms with Crippen LogP contribution in [0.3, 0.4) is 0 Å². The number of alkyl halides is 2. The second-order valence-corrected chi connectivity index (χ2v) is 14.5.